The number of hydrogen-bond acceptors (Lipinski definition) is 2. The highest BCUT2D eigenvalue weighted by atomic mass is 16.3. The zero-order chi connectivity index (χ0) is 10.0. The third kappa shape index (κ3) is 1.58. The Morgan fingerprint density at radius 2 is 1.71 bits per heavy atom. The van der Waals surface area contributed by atoms with E-state index >= 15 is 0 Å². The molecule has 1 saturated carbocycles. The molecule has 2 rings (SSSR count). The molecule has 0 heterocycles. The average Bonchev–Trinajstić information content (AvgIpc) is 2.67. The van der Waals surface area contributed by atoms with Crippen LogP contribution in [0.15, 0.2) is 30.3 Å². The first-order chi connectivity index (χ1) is 6.72. The highest BCUT2D eigenvalue weighted by Gasteiger charge is 2.38. The molecule has 0 unspecified atom stereocenters. The van der Waals surface area contributed by atoms with Gasteiger partial charge in [-0.1, -0.05) is 30.3 Å². The van der Waals surface area contributed by atoms with Crippen LogP contribution in [-0.4, -0.2) is 16.5 Å². The largest absolute Gasteiger partial charge is 0.382 e. The lowest BCUT2D eigenvalue weighted by atomic mass is 9.91. The lowest BCUT2D eigenvalue weighted by molar-refractivity contribution is 0.0353. The van der Waals surface area contributed by atoms with Crippen molar-refractivity contribution in [3.63, 3.8) is 0 Å². The summed E-state index contributed by atoms with van der Waals surface area (Å²) in [6.07, 6.45) is 3.13. The van der Waals surface area contributed by atoms with Crippen LogP contribution in [0.5, 0.6) is 0 Å². The fourth-order valence-electron chi connectivity index (χ4n) is 2.05. The van der Waals surface area contributed by atoms with Crippen molar-refractivity contribution in [1.82, 2.24) is 0 Å². The maximum atomic E-state index is 11.9. The molecule has 1 fully saturated rings. The molecule has 1 aromatic carbocycles. The van der Waals surface area contributed by atoms with Crippen molar-refractivity contribution in [2.75, 3.05) is 0 Å². The van der Waals surface area contributed by atoms with Gasteiger partial charge in [-0.3, -0.25) is 4.79 Å². The molecule has 2 heteroatoms. The number of rotatable bonds is 2. The van der Waals surface area contributed by atoms with Gasteiger partial charge in [-0.15, -0.1) is 0 Å². The van der Waals surface area contributed by atoms with Gasteiger partial charge in [-0.25, -0.2) is 0 Å². The molecule has 14 heavy (non-hydrogen) atoms. The highest BCUT2D eigenvalue weighted by molar-refractivity contribution is 6.02. The monoisotopic (exact) mass is 190 g/mol. The summed E-state index contributed by atoms with van der Waals surface area (Å²) in [5, 5.41) is 10.1. The van der Waals surface area contributed by atoms with E-state index < -0.39 is 5.60 Å². The van der Waals surface area contributed by atoms with E-state index in [-0.39, 0.29) is 5.78 Å². The SMILES string of the molecule is O=C(c1ccccc1)C1(O)CCCC1. The molecule has 0 atom stereocenters. The zero-order valence-electron chi connectivity index (χ0n) is 8.07. The molecule has 1 aliphatic carbocycles. The second-order valence-electron chi connectivity index (χ2n) is 3.93. The van der Waals surface area contributed by atoms with Crippen molar-refractivity contribution in [2.24, 2.45) is 0 Å². The summed E-state index contributed by atoms with van der Waals surface area (Å²) < 4.78 is 0. The predicted octanol–water partition coefficient (Wildman–Crippen LogP) is 2.17. The smallest absolute Gasteiger partial charge is 0.194 e. The molecule has 1 aromatic rings. The summed E-state index contributed by atoms with van der Waals surface area (Å²) in [4.78, 5) is 11.9. The van der Waals surface area contributed by atoms with Gasteiger partial charge < -0.3 is 5.11 Å². The Balaban J connectivity index is 2.24. The molecule has 0 radical (unpaired) electrons. The Morgan fingerprint density at radius 3 is 2.29 bits per heavy atom. The quantitative estimate of drug-likeness (QED) is 0.726. The molecule has 0 spiro atoms. The fraction of sp³-hybridized carbons (Fsp3) is 0.417. The van der Waals surface area contributed by atoms with Crippen molar-refractivity contribution in [3.8, 4) is 0 Å². The van der Waals surface area contributed by atoms with Crippen molar-refractivity contribution in [1.29, 1.82) is 0 Å². The first kappa shape index (κ1) is 9.41. The van der Waals surface area contributed by atoms with Crippen LogP contribution in [0.25, 0.3) is 0 Å². The first-order valence-corrected chi connectivity index (χ1v) is 5.05. The van der Waals surface area contributed by atoms with Crippen LogP contribution in [-0.2, 0) is 0 Å². The maximum absolute atomic E-state index is 11.9. The maximum Gasteiger partial charge on any atom is 0.194 e. The lowest BCUT2D eigenvalue weighted by Crippen LogP contribution is -2.35. The minimum Gasteiger partial charge on any atom is -0.382 e. The van der Waals surface area contributed by atoms with Crippen molar-refractivity contribution in [2.45, 2.75) is 31.3 Å². The summed E-state index contributed by atoms with van der Waals surface area (Å²) >= 11 is 0. The molecule has 0 amide bonds. The Bertz CT molecular complexity index is 323. The second-order valence-corrected chi connectivity index (χ2v) is 3.93. The third-order valence-corrected chi connectivity index (χ3v) is 2.89. The van der Waals surface area contributed by atoms with Gasteiger partial charge in [0.1, 0.15) is 5.60 Å². The van der Waals surface area contributed by atoms with E-state index in [1.54, 1.807) is 12.1 Å². The molecule has 2 nitrogen and oxygen atoms in total. The predicted molar refractivity (Wildman–Crippen MR) is 54.2 cm³/mol. The van der Waals surface area contributed by atoms with Gasteiger partial charge in [-0.05, 0) is 25.7 Å². The number of carbonyl (C=O) groups excluding carboxylic acids is 1. The van der Waals surface area contributed by atoms with E-state index in [0.29, 0.717) is 18.4 Å². The van der Waals surface area contributed by atoms with E-state index in [2.05, 4.69) is 0 Å². The number of Topliss-reactive ketones (excluding diaryl/α,β-unsaturated/α-hetero) is 1. The third-order valence-electron chi connectivity index (χ3n) is 2.89. The van der Waals surface area contributed by atoms with Gasteiger partial charge in [0.05, 0.1) is 0 Å². The van der Waals surface area contributed by atoms with Crippen molar-refractivity contribution < 1.29 is 9.90 Å². The van der Waals surface area contributed by atoms with Gasteiger partial charge in [0.25, 0.3) is 0 Å². The number of benzene rings is 1. The van der Waals surface area contributed by atoms with Crippen LogP contribution in [0.3, 0.4) is 0 Å². The molecule has 0 aromatic heterocycles. The van der Waals surface area contributed by atoms with Crippen LogP contribution in [0, 0.1) is 0 Å². The topological polar surface area (TPSA) is 37.3 Å². The van der Waals surface area contributed by atoms with E-state index in [9.17, 15) is 9.90 Å². The highest BCUT2D eigenvalue weighted by Crippen LogP contribution is 2.32. The summed E-state index contributed by atoms with van der Waals surface area (Å²) in [5.74, 6) is -0.115. The van der Waals surface area contributed by atoms with E-state index in [1.165, 1.54) is 0 Å². The molecule has 1 aliphatic rings. The Kier molecular flexibility index (Phi) is 2.38. The van der Waals surface area contributed by atoms with Crippen LogP contribution < -0.4 is 0 Å². The molecular formula is C12H14O2. The standard InChI is InChI=1S/C12H14O2/c13-11(10-6-2-1-3-7-10)12(14)8-4-5-9-12/h1-3,6-7,14H,4-5,8-9H2. The Morgan fingerprint density at radius 1 is 1.14 bits per heavy atom. The molecule has 74 valence electrons. The molecule has 0 bridgehead atoms. The zero-order valence-corrected chi connectivity index (χ0v) is 8.07. The summed E-state index contributed by atoms with van der Waals surface area (Å²) in [5.41, 5.74) is -0.460. The minimum atomic E-state index is -1.08. The van der Waals surface area contributed by atoms with E-state index in [0.717, 1.165) is 12.8 Å². The first-order valence-electron chi connectivity index (χ1n) is 5.05. The number of ketones is 1. The number of hydrogen-bond donors (Lipinski definition) is 1. The van der Waals surface area contributed by atoms with Gasteiger partial charge in [-0.2, -0.15) is 0 Å². The van der Waals surface area contributed by atoms with Crippen LogP contribution in [0.4, 0.5) is 0 Å². The second kappa shape index (κ2) is 3.54. The average molecular weight is 190 g/mol. The molecule has 0 saturated heterocycles. The Hall–Kier alpha value is -1.15. The van der Waals surface area contributed by atoms with Crippen LogP contribution >= 0.6 is 0 Å². The summed E-state index contributed by atoms with van der Waals surface area (Å²) in [6.45, 7) is 0. The van der Waals surface area contributed by atoms with Crippen LogP contribution in [0.2, 0.25) is 0 Å². The normalized spacial score (nSPS) is 19.5. The van der Waals surface area contributed by atoms with Gasteiger partial charge in [0.15, 0.2) is 5.78 Å². The van der Waals surface area contributed by atoms with Gasteiger partial charge in [0.2, 0.25) is 0 Å². The molecule has 0 aliphatic heterocycles. The molecule has 1 N–H and O–H groups in total. The Labute approximate surface area is 83.6 Å². The fourth-order valence-corrected chi connectivity index (χ4v) is 2.05. The minimum absolute atomic E-state index is 0.115. The summed E-state index contributed by atoms with van der Waals surface area (Å²) in [7, 11) is 0. The summed E-state index contributed by atoms with van der Waals surface area (Å²) in [6, 6.07) is 9.05. The van der Waals surface area contributed by atoms with Gasteiger partial charge in [0, 0.05) is 5.56 Å². The van der Waals surface area contributed by atoms with Crippen molar-refractivity contribution >= 4 is 5.78 Å². The van der Waals surface area contributed by atoms with Crippen LogP contribution in [0.1, 0.15) is 36.0 Å². The van der Waals surface area contributed by atoms with Gasteiger partial charge >= 0.3 is 0 Å². The molecular weight excluding hydrogens is 176 g/mol. The van der Waals surface area contributed by atoms with Crippen molar-refractivity contribution in [3.05, 3.63) is 35.9 Å². The van der Waals surface area contributed by atoms with E-state index in [1.807, 2.05) is 18.2 Å². The number of aliphatic hydroxyl groups is 1. The van der Waals surface area contributed by atoms with E-state index in [4.69, 9.17) is 0 Å². The lowest BCUT2D eigenvalue weighted by Gasteiger charge is -2.20. The number of carbonyl (C=O) groups is 1.